The summed E-state index contributed by atoms with van der Waals surface area (Å²) < 4.78 is 30.1. The lowest BCUT2D eigenvalue weighted by molar-refractivity contribution is 0.0678. The highest BCUT2D eigenvalue weighted by atomic mass is 35.5. The molecule has 30 heavy (non-hydrogen) atoms. The van der Waals surface area contributed by atoms with E-state index in [-0.39, 0.29) is 10.8 Å². The molecule has 0 N–H and O–H groups in total. The number of ether oxygens (including phenoxy) is 2. The van der Waals surface area contributed by atoms with E-state index in [0.717, 1.165) is 0 Å². The second-order valence-electron chi connectivity index (χ2n) is 6.63. The minimum atomic E-state index is -0.560. The molecular formula is C22H18ClFN2O4. The zero-order valence-electron chi connectivity index (χ0n) is 16.3. The summed E-state index contributed by atoms with van der Waals surface area (Å²) in [5.74, 6) is 0.342. The van der Waals surface area contributed by atoms with Crippen LogP contribution in [-0.2, 0) is 0 Å². The maximum Gasteiger partial charge on any atom is 0.310 e. The number of methoxy groups -OCH3 is 2. The molecule has 1 aliphatic heterocycles. The molecule has 2 aromatic carbocycles. The van der Waals surface area contributed by atoms with E-state index >= 15 is 0 Å². The molecule has 3 aromatic rings. The summed E-state index contributed by atoms with van der Waals surface area (Å²) in [5, 5.41) is 5.87. The lowest BCUT2D eigenvalue weighted by atomic mass is 9.97. The largest absolute Gasteiger partial charge is 0.497 e. The number of carbonyl (C=O) groups is 1. The molecule has 1 atom stereocenters. The molecule has 8 heteroatoms. The summed E-state index contributed by atoms with van der Waals surface area (Å²) in [6.07, 6.45) is 1.77. The summed E-state index contributed by atoms with van der Waals surface area (Å²) in [5.41, 5.74) is 1.91. The zero-order chi connectivity index (χ0) is 21.3. The van der Waals surface area contributed by atoms with Gasteiger partial charge in [0.25, 0.3) is 0 Å². The fourth-order valence-corrected chi connectivity index (χ4v) is 3.51. The predicted octanol–water partition coefficient (Wildman–Crippen LogP) is 5.08. The fourth-order valence-electron chi connectivity index (χ4n) is 3.39. The molecule has 1 amide bonds. The molecule has 0 fully saturated rings. The lowest BCUT2D eigenvalue weighted by Crippen LogP contribution is -2.26. The normalized spacial score (nSPS) is 15.8. The van der Waals surface area contributed by atoms with Crippen molar-refractivity contribution in [3.63, 3.8) is 0 Å². The molecule has 0 radical (unpaired) electrons. The van der Waals surface area contributed by atoms with Gasteiger partial charge < -0.3 is 13.9 Å². The van der Waals surface area contributed by atoms with Crippen molar-refractivity contribution < 1.29 is 23.1 Å². The van der Waals surface area contributed by atoms with Gasteiger partial charge in [-0.15, -0.1) is 0 Å². The topological polar surface area (TPSA) is 64.3 Å². The number of amides is 1. The van der Waals surface area contributed by atoms with E-state index in [1.54, 1.807) is 44.6 Å². The van der Waals surface area contributed by atoms with Crippen molar-refractivity contribution in [3.05, 3.63) is 82.5 Å². The van der Waals surface area contributed by atoms with Gasteiger partial charge in [-0.1, -0.05) is 17.7 Å². The van der Waals surface area contributed by atoms with Gasteiger partial charge in [-0.2, -0.15) is 5.10 Å². The number of furan rings is 1. The minimum absolute atomic E-state index is 0.0126. The van der Waals surface area contributed by atoms with Crippen LogP contribution in [0.4, 0.5) is 4.39 Å². The first-order chi connectivity index (χ1) is 14.5. The van der Waals surface area contributed by atoms with Crippen molar-refractivity contribution in [2.45, 2.75) is 12.5 Å². The van der Waals surface area contributed by atoms with Crippen LogP contribution >= 0.6 is 11.6 Å². The third-order valence-corrected chi connectivity index (χ3v) is 5.20. The molecule has 1 aliphatic rings. The van der Waals surface area contributed by atoms with E-state index in [1.165, 1.54) is 23.4 Å². The number of rotatable bonds is 5. The van der Waals surface area contributed by atoms with Gasteiger partial charge in [-0.05, 0) is 42.0 Å². The summed E-state index contributed by atoms with van der Waals surface area (Å²) in [4.78, 5) is 13.0. The average molecular weight is 429 g/mol. The second kappa shape index (κ2) is 8.20. The summed E-state index contributed by atoms with van der Waals surface area (Å²) >= 11 is 5.83. The molecule has 2 heterocycles. The first-order valence-electron chi connectivity index (χ1n) is 9.13. The van der Waals surface area contributed by atoms with Gasteiger partial charge in [-0.3, -0.25) is 4.79 Å². The molecule has 0 saturated carbocycles. The number of carbonyl (C=O) groups excluding carboxylic acids is 1. The Kier molecular flexibility index (Phi) is 5.46. The number of benzene rings is 2. The smallest absolute Gasteiger partial charge is 0.310 e. The van der Waals surface area contributed by atoms with Crippen LogP contribution in [0.2, 0.25) is 5.02 Å². The molecule has 0 bridgehead atoms. The molecule has 6 nitrogen and oxygen atoms in total. The first kappa shape index (κ1) is 20.0. The van der Waals surface area contributed by atoms with Gasteiger partial charge in [0.2, 0.25) is 0 Å². The maximum atomic E-state index is 14.1. The van der Waals surface area contributed by atoms with Crippen LogP contribution in [-0.4, -0.2) is 30.8 Å². The molecule has 0 aliphatic carbocycles. The molecule has 154 valence electrons. The van der Waals surface area contributed by atoms with Gasteiger partial charge in [0.1, 0.15) is 17.3 Å². The van der Waals surface area contributed by atoms with E-state index in [1.807, 2.05) is 6.07 Å². The molecular weight excluding hydrogens is 411 g/mol. The minimum Gasteiger partial charge on any atom is -0.497 e. The lowest BCUT2D eigenvalue weighted by Gasteiger charge is -2.21. The first-order valence-corrected chi connectivity index (χ1v) is 9.51. The third-order valence-electron chi connectivity index (χ3n) is 4.90. The van der Waals surface area contributed by atoms with E-state index < -0.39 is 17.8 Å². The van der Waals surface area contributed by atoms with Crippen LogP contribution in [0.3, 0.4) is 0 Å². The number of hydrazone groups is 1. The van der Waals surface area contributed by atoms with Crippen molar-refractivity contribution in [1.29, 1.82) is 0 Å². The average Bonchev–Trinajstić information content (AvgIpc) is 3.45. The standard InChI is InChI=1S/C22H18ClFN2O4/c1-28-14-6-7-15(21(11-14)29-2)18-12-19(13-5-8-16(23)17(24)10-13)26(25-18)22(27)20-4-3-9-30-20/h3-11,19H,12H2,1-2H3/t19-/m1/s1. The highest BCUT2D eigenvalue weighted by molar-refractivity contribution is 6.30. The Morgan fingerprint density at radius 2 is 2.03 bits per heavy atom. The number of hydrogen-bond donors (Lipinski definition) is 0. The van der Waals surface area contributed by atoms with Gasteiger partial charge in [0.05, 0.1) is 37.3 Å². The van der Waals surface area contributed by atoms with Gasteiger partial charge in [0.15, 0.2) is 5.76 Å². The van der Waals surface area contributed by atoms with Crippen molar-refractivity contribution in [2.75, 3.05) is 14.2 Å². The van der Waals surface area contributed by atoms with E-state index in [4.69, 9.17) is 25.5 Å². The Labute approximate surface area is 177 Å². The Morgan fingerprint density at radius 1 is 1.20 bits per heavy atom. The van der Waals surface area contributed by atoms with Crippen LogP contribution in [0.15, 0.2) is 64.3 Å². The van der Waals surface area contributed by atoms with Crippen molar-refractivity contribution in [1.82, 2.24) is 5.01 Å². The van der Waals surface area contributed by atoms with Crippen LogP contribution in [0.5, 0.6) is 11.5 Å². The fraction of sp³-hybridized carbons (Fsp3) is 0.182. The molecule has 1 aromatic heterocycles. The number of hydrogen-bond acceptors (Lipinski definition) is 5. The van der Waals surface area contributed by atoms with Crippen molar-refractivity contribution in [2.24, 2.45) is 5.10 Å². The Morgan fingerprint density at radius 3 is 2.70 bits per heavy atom. The summed E-state index contributed by atoms with van der Waals surface area (Å²) in [7, 11) is 3.11. The molecule has 0 saturated heterocycles. The Bertz CT molecular complexity index is 1110. The van der Waals surface area contributed by atoms with Gasteiger partial charge >= 0.3 is 5.91 Å². The highest BCUT2D eigenvalue weighted by Gasteiger charge is 2.36. The van der Waals surface area contributed by atoms with Crippen molar-refractivity contribution in [3.8, 4) is 11.5 Å². The van der Waals surface area contributed by atoms with Crippen LogP contribution in [0.25, 0.3) is 0 Å². The molecule has 0 spiro atoms. The third kappa shape index (κ3) is 3.64. The molecule has 0 unspecified atom stereocenters. The number of nitrogens with zero attached hydrogens (tertiary/aromatic N) is 2. The SMILES string of the molecule is COc1ccc(C2=NN(C(=O)c3ccco3)[C@@H](c3ccc(Cl)c(F)c3)C2)c(OC)c1. The highest BCUT2D eigenvalue weighted by Crippen LogP contribution is 2.37. The summed E-state index contributed by atoms with van der Waals surface area (Å²) in [6.45, 7) is 0. The van der Waals surface area contributed by atoms with Crippen LogP contribution < -0.4 is 9.47 Å². The molecule has 4 rings (SSSR count). The monoisotopic (exact) mass is 428 g/mol. The second-order valence-corrected chi connectivity index (χ2v) is 7.04. The van der Waals surface area contributed by atoms with Crippen LogP contribution in [0, 0.1) is 5.82 Å². The zero-order valence-corrected chi connectivity index (χ0v) is 17.0. The summed E-state index contributed by atoms with van der Waals surface area (Å²) in [6, 6.07) is 12.5. The van der Waals surface area contributed by atoms with Gasteiger partial charge in [0, 0.05) is 18.1 Å². The van der Waals surface area contributed by atoms with Gasteiger partial charge in [-0.25, -0.2) is 9.40 Å². The van der Waals surface area contributed by atoms with Crippen molar-refractivity contribution >= 4 is 23.2 Å². The van der Waals surface area contributed by atoms with E-state index in [9.17, 15) is 9.18 Å². The number of halogens is 2. The Hall–Kier alpha value is -3.32. The van der Waals surface area contributed by atoms with E-state index in [2.05, 4.69) is 5.10 Å². The Balaban J connectivity index is 1.77. The predicted molar refractivity (Wildman–Crippen MR) is 110 cm³/mol. The maximum absolute atomic E-state index is 14.1. The van der Waals surface area contributed by atoms with Crippen LogP contribution in [0.1, 0.15) is 34.1 Å². The quantitative estimate of drug-likeness (QED) is 0.568. The van der Waals surface area contributed by atoms with E-state index in [0.29, 0.717) is 34.8 Å².